The molecule has 4 nitrogen and oxygen atoms in total. The minimum Gasteiger partial charge on any atom is -0.487 e. The molecule has 4 heteroatoms. The van der Waals surface area contributed by atoms with E-state index >= 15 is 0 Å². The van der Waals surface area contributed by atoms with Crippen LogP contribution in [0.3, 0.4) is 0 Å². The molecule has 164 valence electrons. The normalized spacial score (nSPS) is 12.2. The van der Waals surface area contributed by atoms with Crippen molar-refractivity contribution in [2.24, 2.45) is 0 Å². The van der Waals surface area contributed by atoms with Gasteiger partial charge in [0.2, 0.25) is 0 Å². The number of unbranched alkanes of at least 4 members (excludes halogenated alkanes) is 7. The molecule has 0 aliphatic carbocycles. The van der Waals surface area contributed by atoms with E-state index in [2.05, 4.69) is 36.8 Å². The van der Waals surface area contributed by atoms with E-state index in [1.807, 2.05) is 24.3 Å². The summed E-state index contributed by atoms with van der Waals surface area (Å²) in [6.45, 7) is 6.57. The molecular formula is C26H38N2O2. The zero-order valence-corrected chi connectivity index (χ0v) is 19.0. The summed E-state index contributed by atoms with van der Waals surface area (Å²) >= 11 is 0. The molecule has 2 aromatic rings. The average molecular weight is 411 g/mol. The highest BCUT2D eigenvalue weighted by Gasteiger charge is 2.07. The zero-order valence-electron chi connectivity index (χ0n) is 19.0. The third kappa shape index (κ3) is 9.43. The number of benzene rings is 1. The Morgan fingerprint density at radius 1 is 0.833 bits per heavy atom. The van der Waals surface area contributed by atoms with Crippen molar-refractivity contribution in [3.8, 4) is 22.9 Å². The van der Waals surface area contributed by atoms with Crippen molar-refractivity contribution in [2.45, 2.75) is 91.1 Å². The van der Waals surface area contributed by atoms with Gasteiger partial charge in [-0.25, -0.2) is 9.97 Å². The second kappa shape index (κ2) is 14.6. The van der Waals surface area contributed by atoms with E-state index in [-0.39, 0.29) is 6.10 Å². The van der Waals surface area contributed by atoms with Gasteiger partial charge in [-0.1, -0.05) is 52.4 Å². The van der Waals surface area contributed by atoms with E-state index in [4.69, 9.17) is 9.47 Å². The van der Waals surface area contributed by atoms with Crippen LogP contribution in [-0.2, 0) is 0 Å². The van der Waals surface area contributed by atoms with Crippen molar-refractivity contribution in [2.75, 3.05) is 0 Å². The van der Waals surface area contributed by atoms with Gasteiger partial charge in [0, 0.05) is 5.56 Å². The second-order valence-electron chi connectivity index (χ2n) is 7.88. The van der Waals surface area contributed by atoms with Gasteiger partial charge in [0.1, 0.15) is 5.75 Å². The molecule has 0 saturated heterocycles. The fraction of sp³-hybridized carbons (Fsp3) is 0.538. The molecule has 1 aromatic carbocycles. The Morgan fingerprint density at radius 2 is 1.50 bits per heavy atom. The maximum atomic E-state index is 5.94. The minimum atomic E-state index is 0.187. The first-order chi connectivity index (χ1) is 14.7. The number of nitrogens with zero attached hydrogens (tertiary/aromatic N) is 2. The van der Waals surface area contributed by atoms with E-state index in [1.54, 1.807) is 18.7 Å². The Morgan fingerprint density at radius 3 is 2.17 bits per heavy atom. The van der Waals surface area contributed by atoms with Crippen molar-refractivity contribution in [1.29, 1.82) is 0 Å². The highest BCUT2D eigenvalue weighted by molar-refractivity contribution is 5.56. The van der Waals surface area contributed by atoms with Crippen LogP contribution in [0, 0.1) is 0 Å². The van der Waals surface area contributed by atoms with Gasteiger partial charge in [0.05, 0.1) is 24.8 Å². The summed E-state index contributed by atoms with van der Waals surface area (Å²) in [6, 6.07) is 7.86. The summed E-state index contributed by atoms with van der Waals surface area (Å²) < 4.78 is 11.6. The monoisotopic (exact) mass is 410 g/mol. The van der Waals surface area contributed by atoms with Crippen molar-refractivity contribution in [3.63, 3.8) is 0 Å². The molecule has 0 bridgehead atoms. The van der Waals surface area contributed by atoms with Gasteiger partial charge in [-0.05, 0) is 62.9 Å². The fourth-order valence-corrected chi connectivity index (χ4v) is 3.24. The van der Waals surface area contributed by atoms with Crippen LogP contribution in [0.25, 0.3) is 11.4 Å². The lowest BCUT2D eigenvalue weighted by Crippen LogP contribution is -2.12. The Kier molecular flexibility index (Phi) is 11.6. The molecule has 1 aromatic heterocycles. The lowest BCUT2D eigenvalue weighted by atomic mass is 10.1. The van der Waals surface area contributed by atoms with Crippen LogP contribution in [0.15, 0.2) is 49.0 Å². The fourth-order valence-electron chi connectivity index (χ4n) is 3.24. The smallest absolute Gasteiger partial charge is 0.159 e. The number of ether oxygens (including phenoxy) is 2. The van der Waals surface area contributed by atoms with E-state index in [0.29, 0.717) is 5.82 Å². The molecule has 0 aliphatic rings. The summed E-state index contributed by atoms with van der Waals surface area (Å²) in [7, 11) is 0. The Hall–Kier alpha value is -2.36. The van der Waals surface area contributed by atoms with E-state index in [9.17, 15) is 0 Å². The predicted octanol–water partition coefficient (Wildman–Crippen LogP) is 7.74. The highest BCUT2D eigenvalue weighted by Crippen LogP contribution is 2.21. The maximum Gasteiger partial charge on any atom is 0.159 e. The van der Waals surface area contributed by atoms with Crippen LogP contribution in [0.4, 0.5) is 0 Å². The molecule has 1 unspecified atom stereocenters. The molecular weight excluding hydrogens is 372 g/mol. The van der Waals surface area contributed by atoms with E-state index in [1.165, 1.54) is 51.4 Å². The van der Waals surface area contributed by atoms with Crippen LogP contribution >= 0.6 is 0 Å². The predicted molar refractivity (Wildman–Crippen MR) is 125 cm³/mol. The molecule has 2 rings (SSSR count). The second-order valence-corrected chi connectivity index (χ2v) is 7.88. The van der Waals surface area contributed by atoms with Crippen LogP contribution in [0.5, 0.6) is 11.5 Å². The summed E-state index contributed by atoms with van der Waals surface area (Å²) in [4.78, 5) is 8.92. The molecule has 1 atom stereocenters. The first-order valence-corrected chi connectivity index (χ1v) is 11.6. The molecule has 0 N–H and O–H groups in total. The van der Waals surface area contributed by atoms with E-state index in [0.717, 1.165) is 29.9 Å². The van der Waals surface area contributed by atoms with Crippen molar-refractivity contribution < 1.29 is 9.47 Å². The number of allylic oxidation sites excluding steroid dienone is 1. The Bertz CT molecular complexity index is 711. The van der Waals surface area contributed by atoms with Crippen molar-refractivity contribution >= 4 is 0 Å². The van der Waals surface area contributed by atoms with Gasteiger partial charge in [0.15, 0.2) is 11.6 Å². The van der Waals surface area contributed by atoms with Gasteiger partial charge >= 0.3 is 0 Å². The topological polar surface area (TPSA) is 44.2 Å². The largest absolute Gasteiger partial charge is 0.487 e. The molecule has 0 aliphatic heterocycles. The van der Waals surface area contributed by atoms with Gasteiger partial charge < -0.3 is 9.47 Å². The lowest BCUT2D eigenvalue weighted by molar-refractivity contribution is 0.205. The Balaban J connectivity index is 1.77. The van der Waals surface area contributed by atoms with Crippen LogP contribution in [-0.4, -0.2) is 16.1 Å². The van der Waals surface area contributed by atoms with E-state index < -0.39 is 0 Å². The summed E-state index contributed by atoms with van der Waals surface area (Å²) in [5.41, 5.74) is 0.963. The molecule has 1 heterocycles. The number of rotatable bonds is 15. The van der Waals surface area contributed by atoms with Crippen LogP contribution in [0.1, 0.15) is 85.0 Å². The number of hydrogen-bond acceptors (Lipinski definition) is 4. The lowest BCUT2D eigenvalue weighted by Gasteiger charge is -2.14. The first kappa shape index (κ1) is 23.9. The van der Waals surface area contributed by atoms with Gasteiger partial charge in [-0.3, -0.25) is 0 Å². The highest BCUT2D eigenvalue weighted by atomic mass is 16.5. The van der Waals surface area contributed by atoms with Gasteiger partial charge in [0.25, 0.3) is 0 Å². The summed E-state index contributed by atoms with van der Waals surface area (Å²) in [5, 5.41) is 0. The molecule has 0 spiro atoms. The molecule has 0 fully saturated rings. The van der Waals surface area contributed by atoms with Gasteiger partial charge in [-0.15, -0.1) is 0 Å². The summed E-state index contributed by atoms with van der Waals surface area (Å²) in [6.07, 6.45) is 19.8. The average Bonchev–Trinajstić information content (AvgIpc) is 2.77. The van der Waals surface area contributed by atoms with Crippen LogP contribution in [0.2, 0.25) is 0 Å². The van der Waals surface area contributed by atoms with Crippen molar-refractivity contribution in [1.82, 2.24) is 9.97 Å². The van der Waals surface area contributed by atoms with Crippen molar-refractivity contribution in [3.05, 3.63) is 49.0 Å². The molecule has 30 heavy (non-hydrogen) atoms. The SMILES string of the molecule is CCCCCCC=COc1ccc(-c2ncc(OC(C)CCCCCC)cn2)cc1. The van der Waals surface area contributed by atoms with Gasteiger partial charge in [-0.2, -0.15) is 0 Å². The minimum absolute atomic E-state index is 0.187. The number of hydrogen-bond donors (Lipinski definition) is 0. The standard InChI is InChI=1S/C26H38N2O2/c1-4-6-8-10-11-13-19-29-24-17-15-23(16-18-24)26-27-20-25(21-28-26)30-22(3)14-12-9-7-5-2/h13,15-22H,4-12,14H2,1-3H3. The third-order valence-electron chi connectivity index (χ3n) is 5.07. The quantitative estimate of drug-likeness (QED) is 0.222. The summed E-state index contributed by atoms with van der Waals surface area (Å²) in [5.74, 6) is 2.24. The molecule has 0 amide bonds. The third-order valence-corrected chi connectivity index (χ3v) is 5.07. The Labute approximate surface area is 182 Å². The number of aromatic nitrogens is 2. The molecule has 0 saturated carbocycles. The van der Waals surface area contributed by atoms with Crippen LogP contribution < -0.4 is 9.47 Å². The maximum absolute atomic E-state index is 5.94. The zero-order chi connectivity index (χ0) is 21.4. The first-order valence-electron chi connectivity index (χ1n) is 11.6. The molecule has 0 radical (unpaired) electrons.